The average Bonchev–Trinajstić information content (AvgIpc) is 2.48. The van der Waals surface area contributed by atoms with Gasteiger partial charge in [-0.2, -0.15) is 0 Å². The van der Waals surface area contributed by atoms with E-state index in [0.717, 1.165) is 0 Å². The molecule has 0 spiro atoms. The Hall–Kier alpha value is 0.560. The Labute approximate surface area is 57.9 Å². The first kappa shape index (κ1) is 7.66. The van der Waals surface area contributed by atoms with Crippen molar-refractivity contribution in [1.29, 1.82) is 0 Å². The second-order valence-electron chi connectivity index (χ2n) is 1.75. The van der Waals surface area contributed by atoms with E-state index in [0.29, 0.717) is 0 Å². The van der Waals surface area contributed by atoms with Crippen molar-refractivity contribution in [1.82, 2.24) is 0 Å². The fraction of sp³-hybridized carbons (Fsp3) is 1.00. The lowest BCUT2D eigenvalue weighted by Gasteiger charge is -2.02. The minimum Gasteiger partial charge on any atom is -0.626 e. The zero-order valence-electron chi connectivity index (χ0n) is 4.49. The van der Waals surface area contributed by atoms with Crippen LogP contribution in [0.3, 0.4) is 0 Å². The maximum atomic E-state index is 10.6. The summed E-state index contributed by atoms with van der Waals surface area (Å²) in [6.45, 7) is 0. The number of halogens is 1. The van der Waals surface area contributed by atoms with Crippen LogP contribution in [0.1, 0.15) is 0 Å². The molecule has 0 aromatic heterocycles. The lowest BCUT2D eigenvalue weighted by atomic mass is 10.5. The molecule has 1 aliphatic heterocycles. The third-order valence-electron chi connectivity index (χ3n) is 0.853. The minimum atomic E-state index is -2.82. The second kappa shape index (κ2) is 2.66. The highest BCUT2D eigenvalue weighted by molar-refractivity contribution is 7.63. The number of aliphatic hydroxyl groups is 1. The molecule has 1 rings (SSSR count). The van der Waals surface area contributed by atoms with Crippen LogP contribution in [0, 0.1) is 0 Å². The summed E-state index contributed by atoms with van der Waals surface area (Å²) in [4.78, 5) is 10.6. The lowest BCUT2D eigenvalue weighted by molar-refractivity contribution is -0.173. The van der Waals surface area contributed by atoms with Gasteiger partial charge in [0.1, 0.15) is 12.3 Å². The van der Waals surface area contributed by atoms with Crippen molar-refractivity contribution in [3.05, 3.63) is 0 Å². The van der Waals surface area contributed by atoms with Crippen LogP contribution in [-0.4, -0.2) is 23.3 Å². The van der Waals surface area contributed by atoms with Crippen LogP contribution < -0.4 is 4.89 Å². The minimum absolute atomic E-state index is 0.00347. The molecule has 1 unspecified atom stereocenters. The lowest BCUT2D eigenvalue weighted by Crippen LogP contribution is -2.17. The highest BCUT2D eigenvalue weighted by atomic mass is 35.5. The maximum Gasteiger partial charge on any atom is 0.334 e. The summed E-state index contributed by atoms with van der Waals surface area (Å²) in [7, 11) is -2.82. The van der Waals surface area contributed by atoms with Crippen molar-refractivity contribution in [2.45, 2.75) is 6.10 Å². The van der Waals surface area contributed by atoms with Crippen molar-refractivity contribution < 1.29 is 19.3 Å². The van der Waals surface area contributed by atoms with Gasteiger partial charge in [-0.3, -0.25) is 0 Å². The van der Waals surface area contributed by atoms with Crippen LogP contribution in [0.4, 0.5) is 0 Å². The van der Waals surface area contributed by atoms with Crippen LogP contribution in [0.15, 0.2) is 0 Å². The highest BCUT2D eigenvalue weighted by Crippen LogP contribution is 2.68. The van der Waals surface area contributed by atoms with E-state index in [4.69, 9.17) is 16.7 Å². The van der Waals surface area contributed by atoms with E-state index >= 15 is 0 Å². The Morgan fingerprint density at radius 2 is 2.22 bits per heavy atom. The Bertz CT molecular complexity index is 106. The Balaban J connectivity index is 2.17. The third-order valence-corrected chi connectivity index (χ3v) is 2.56. The Morgan fingerprint density at radius 3 is 2.56 bits per heavy atom. The topological polar surface area (TPSA) is 68.3 Å². The van der Waals surface area contributed by atoms with Crippen LogP contribution in [0.5, 0.6) is 0 Å². The molecule has 0 radical (unpaired) electrons. The molecule has 1 saturated heterocycles. The van der Waals surface area contributed by atoms with Gasteiger partial charge in [0.2, 0.25) is 0 Å². The summed E-state index contributed by atoms with van der Waals surface area (Å²) in [6, 6.07) is 0. The van der Waals surface area contributed by atoms with Gasteiger partial charge in [0.05, 0.1) is 5.88 Å². The molecule has 0 aromatic carbocycles. The molecule has 9 heavy (non-hydrogen) atoms. The molecular formula is C3H6ClO4P. The zero-order valence-corrected chi connectivity index (χ0v) is 6.14. The summed E-state index contributed by atoms with van der Waals surface area (Å²) in [5, 5.41) is 8.77. The zero-order chi connectivity index (χ0) is 6.91. The smallest absolute Gasteiger partial charge is 0.334 e. The van der Waals surface area contributed by atoms with Gasteiger partial charge in [0, 0.05) is 0 Å². The standard InChI is InChI=1S/C3H6ClO4P/c4-1-3(5)2-9(6)7-8-9/h3,5H,1-2H2. The van der Waals surface area contributed by atoms with Crippen LogP contribution in [-0.2, 0) is 9.35 Å². The van der Waals surface area contributed by atoms with E-state index in [1.54, 1.807) is 0 Å². The number of rotatable bonds is 3. The molecule has 0 aromatic rings. The first-order chi connectivity index (χ1) is 4.16. The quantitative estimate of drug-likeness (QED) is 0.274. The molecule has 54 valence electrons. The summed E-state index contributed by atoms with van der Waals surface area (Å²) < 4.78 is 8.21. The van der Waals surface area contributed by atoms with Crippen LogP contribution >= 0.6 is 19.5 Å². The molecule has 6 heteroatoms. The van der Waals surface area contributed by atoms with E-state index in [9.17, 15) is 4.89 Å². The monoisotopic (exact) mass is 172 g/mol. The van der Waals surface area contributed by atoms with E-state index in [2.05, 4.69) is 9.35 Å². The molecule has 0 saturated carbocycles. The molecule has 0 amide bonds. The van der Waals surface area contributed by atoms with Crippen LogP contribution in [0.2, 0.25) is 0 Å². The molecule has 0 aliphatic carbocycles. The van der Waals surface area contributed by atoms with Gasteiger partial charge in [0.15, 0.2) is 0 Å². The predicted molar refractivity (Wildman–Crippen MR) is 30.7 cm³/mol. The average molecular weight is 173 g/mol. The van der Waals surface area contributed by atoms with E-state index in [-0.39, 0.29) is 12.0 Å². The largest absolute Gasteiger partial charge is 0.626 e. The predicted octanol–water partition coefficient (Wildman–Crippen LogP) is -0.329. The first-order valence-electron chi connectivity index (χ1n) is 2.37. The number of alkyl halides is 1. The number of hydrogen-bond donors (Lipinski definition) is 1. The molecular weight excluding hydrogens is 166 g/mol. The highest BCUT2D eigenvalue weighted by Gasteiger charge is 2.53. The van der Waals surface area contributed by atoms with Crippen molar-refractivity contribution in [3.8, 4) is 0 Å². The number of aliphatic hydroxyl groups excluding tert-OH is 1. The molecule has 0 bridgehead atoms. The second-order valence-corrected chi connectivity index (χ2v) is 3.94. The third kappa shape index (κ3) is 2.34. The Kier molecular flexibility index (Phi) is 2.27. The van der Waals surface area contributed by atoms with Gasteiger partial charge < -0.3 is 10.00 Å². The summed E-state index contributed by atoms with van der Waals surface area (Å²) in [5.41, 5.74) is 0. The van der Waals surface area contributed by atoms with Gasteiger partial charge in [-0.25, -0.2) is 0 Å². The van der Waals surface area contributed by atoms with Crippen molar-refractivity contribution in [2.24, 2.45) is 0 Å². The van der Waals surface area contributed by atoms with Gasteiger partial charge >= 0.3 is 7.94 Å². The summed E-state index contributed by atoms with van der Waals surface area (Å²) >= 11 is 5.20. The maximum absolute atomic E-state index is 10.6. The van der Waals surface area contributed by atoms with E-state index in [1.165, 1.54) is 0 Å². The number of hydrogen-bond acceptors (Lipinski definition) is 4. The fourth-order valence-electron chi connectivity index (χ4n) is 0.405. The SMILES string of the molecule is [O-][P+]1(CC(O)CCl)OO1. The summed E-state index contributed by atoms with van der Waals surface area (Å²) in [6.07, 6.45) is -0.795. The van der Waals surface area contributed by atoms with Gasteiger partial charge in [0.25, 0.3) is 0 Å². The van der Waals surface area contributed by atoms with Gasteiger partial charge in [-0.15, -0.1) is 11.6 Å². The molecule has 1 aliphatic rings. The fourth-order valence-corrected chi connectivity index (χ4v) is 1.73. The van der Waals surface area contributed by atoms with Gasteiger partial charge in [-0.05, 0) is 9.35 Å². The molecule has 1 N–H and O–H groups in total. The molecule has 1 fully saturated rings. The van der Waals surface area contributed by atoms with Crippen molar-refractivity contribution >= 4 is 19.5 Å². The van der Waals surface area contributed by atoms with E-state index < -0.39 is 14.0 Å². The first-order valence-corrected chi connectivity index (χ1v) is 4.63. The van der Waals surface area contributed by atoms with Crippen LogP contribution in [0.25, 0.3) is 0 Å². The van der Waals surface area contributed by atoms with Gasteiger partial charge in [-0.1, -0.05) is 0 Å². The van der Waals surface area contributed by atoms with E-state index in [1.807, 2.05) is 0 Å². The Morgan fingerprint density at radius 1 is 1.67 bits per heavy atom. The van der Waals surface area contributed by atoms with Crippen molar-refractivity contribution in [3.63, 3.8) is 0 Å². The van der Waals surface area contributed by atoms with Crippen molar-refractivity contribution in [2.75, 3.05) is 12.0 Å². The molecule has 1 heterocycles. The summed E-state index contributed by atoms with van der Waals surface area (Å²) in [5.74, 6) is 0.0523. The molecule has 1 atom stereocenters. The normalized spacial score (nSPS) is 25.7. The molecule has 4 nitrogen and oxygen atoms in total.